The Labute approximate surface area is 132 Å². The first kappa shape index (κ1) is 14.8. The van der Waals surface area contributed by atoms with Gasteiger partial charge in [-0.3, -0.25) is 4.79 Å². The second-order valence-electron chi connectivity index (χ2n) is 4.82. The zero-order valence-corrected chi connectivity index (χ0v) is 12.5. The first-order valence-corrected chi connectivity index (χ1v) is 6.98. The highest BCUT2D eigenvalue weighted by Crippen LogP contribution is 2.09. The molecule has 8 nitrogen and oxygen atoms in total. The van der Waals surface area contributed by atoms with Crippen molar-refractivity contribution >= 4 is 5.91 Å². The molecular weight excluding hydrogens is 298 g/mol. The Morgan fingerprint density at radius 3 is 3.00 bits per heavy atom. The van der Waals surface area contributed by atoms with Gasteiger partial charge >= 0.3 is 0 Å². The van der Waals surface area contributed by atoms with E-state index in [0.717, 1.165) is 11.4 Å². The number of aryl methyl sites for hydroxylation is 1. The number of aromatic nitrogens is 4. The van der Waals surface area contributed by atoms with E-state index in [1.807, 2.05) is 24.4 Å². The highest BCUT2D eigenvalue weighted by molar-refractivity contribution is 5.77. The monoisotopic (exact) mass is 313 g/mol. The maximum atomic E-state index is 11.7. The van der Waals surface area contributed by atoms with Crippen molar-refractivity contribution in [2.45, 2.75) is 13.5 Å². The normalized spacial score (nSPS) is 10.5. The molecule has 3 aromatic rings. The Morgan fingerprint density at radius 2 is 2.35 bits per heavy atom. The largest absolute Gasteiger partial charge is 0.465 e. The molecule has 0 aliphatic heterocycles. The SMILES string of the molecule is Cc1cc(OCC(=O)NCc2ccc(-n3cccn3)nc2)no1. The highest BCUT2D eigenvalue weighted by Gasteiger charge is 2.06. The van der Waals surface area contributed by atoms with Gasteiger partial charge in [0.25, 0.3) is 11.8 Å². The summed E-state index contributed by atoms with van der Waals surface area (Å²) in [5.74, 6) is 1.39. The summed E-state index contributed by atoms with van der Waals surface area (Å²) in [4.78, 5) is 16.0. The molecular formula is C15H15N5O3. The predicted molar refractivity (Wildman–Crippen MR) is 79.9 cm³/mol. The van der Waals surface area contributed by atoms with Crippen molar-refractivity contribution < 1.29 is 14.1 Å². The van der Waals surface area contributed by atoms with E-state index in [0.29, 0.717) is 18.2 Å². The summed E-state index contributed by atoms with van der Waals surface area (Å²) in [6, 6.07) is 7.16. The molecule has 0 saturated carbocycles. The lowest BCUT2D eigenvalue weighted by Crippen LogP contribution is -2.28. The molecule has 1 amide bonds. The van der Waals surface area contributed by atoms with Crippen molar-refractivity contribution in [1.82, 2.24) is 25.2 Å². The molecule has 0 unspecified atom stereocenters. The van der Waals surface area contributed by atoms with Crippen LogP contribution >= 0.6 is 0 Å². The molecule has 3 aromatic heterocycles. The molecule has 1 N–H and O–H groups in total. The van der Waals surface area contributed by atoms with Gasteiger partial charge in [-0.25, -0.2) is 9.67 Å². The second kappa shape index (κ2) is 6.73. The van der Waals surface area contributed by atoms with Gasteiger partial charge in [-0.1, -0.05) is 6.07 Å². The lowest BCUT2D eigenvalue weighted by atomic mass is 10.3. The first-order valence-electron chi connectivity index (χ1n) is 6.98. The molecule has 3 heterocycles. The number of hydrogen-bond acceptors (Lipinski definition) is 6. The lowest BCUT2D eigenvalue weighted by molar-refractivity contribution is -0.123. The van der Waals surface area contributed by atoms with Crippen LogP contribution in [0.3, 0.4) is 0 Å². The quantitative estimate of drug-likeness (QED) is 0.736. The molecule has 0 aromatic carbocycles. The third-order valence-electron chi connectivity index (χ3n) is 3.00. The second-order valence-corrected chi connectivity index (χ2v) is 4.82. The molecule has 0 aliphatic rings. The Bertz CT molecular complexity index is 765. The maximum absolute atomic E-state index is 11.7. The Kier molecular flexibility index (Phi) is 4.32. The Morgan fingerprint density at radius 1 is 1.43 bits per heavy atom. The molecule has 118 valence electrons. The van der Waals surface area contributed by atoms with Gasteiger partial charge in [0, 0.05) is 31.2 Å². The van der Waals surface area contributed by atoms with Crippen LogP contribution < -0.4 is 10.1 Å². The summed E-state index contributed by atoms with van der Waals surface area (Å²) in [6.07, 6.45) is 5.19. The molecule has 0 radical (unpaired) electrons. The summed E-state index contributed by atoms with van der Waals surface area (Å²) in [5, 5.41) is 10.5. The van der Waals surface area contributed by atoms with Crippen LogP contribution in [0.2, 0.25) is 0 Å². The number of nitrogens with zero attached hydrogens (tertiary/aromatic N) is 4. The molecule has 0 bridgehead atoms. The van der Waals surface area contributed by atoms with Crippen LogP contribution in [0.15, 0.2) is 47.4 Å². The van der Waals surface area contributed by atoms with Crippen molar-refractivity contribution in [3.63, 3.8) is 0 Å². The van der Waals surface area contributed by atoms with Crippen molar-refractivity contribution in [3.05, 3.63) is 54.2 Å². The van der Waals surface area contributed by atoms with Crippen molar-refractivity contribution in [1.29, 1.82) is 0 Å². The number of carbonyl (C=O) groups excluding carboxylic acids is 1. The van der Waals surface area contributed by atoms with Gasteiger partial charge in [0.2, 0.25) is 0 Å². The minimum atomic E-state index is -0.248. The number of ether oxygens (including phenoxy) is 1. The molecule has 8 heteroatoms. The molecule has 0 atom stereocenters. The minimum absolute atomic E-state index is 0.120. The van der Waals surface area contributed by atoms with Crippen molar-refractivity contribution in [2.24, 2.45) is 0 Å². The van der Waals surface area contributed by atoms with E-state index in [2.05, 4.69) is 20.6 Å². The third-order valence-corrected chi connectivity index (χ3v) is 3.00. The van der Waals surface area contributed by atoms with E-state index in [-0.39, 0.29) is 12.5 Å². The van der Waals surface area contributed by atoms with Gasteiger partial charge in [0.05, 0.1) is 0 Å². The summed E-state index contributed by atoms with van der Waals surface area (Å²) >= 11 is 0. The van der Waals surface area contributed by atoms with E-state index in [1.165, 1.54) is 0 Å². The number of nitrogens with one attached hydrogen (secondary N) is 1. The maximum Gasteiger partial charge on any atom is 0.258 e. The topological polar surface area (TPSA) is 95.1 Å². The first-order chi connectivity index (χ1) is 11.2. The van der Waals surface area contributed by atoms with Gasteiger partial charge in [0.15, 0.2) is 12.4 Å². The van der Waals surface area contributed by atoms with E-state index in [9.17, 15) is 4.79 Å². The lowest BCUT2D eigenvalue weighted by Gasteiger charge is -2.06. The van der Waals surface area contributed by atoms with Crippen LogP contribution in [0.1, 0.15) is 11.3 Å². The third kappa shape index (κ3) is 3.94. The fourth-order valence-electron chi connectivity index (χ4n) is 1.86. The van der Waals surface area contributed by atoms with Crippen LogP contribution in [-0.2, 0) is 11.3 Å². The van der Waals surface area contributed by atoms with Crippen molar-refractivity contribution in [2.75, 3.05) is 6.61 Å². The highest BCUT2D eigenvalue weighted by atomic mass is 16.5. The van der Waals surface area contributed by atoms with Crippen LogP contribution in [0.4, 0.5) is 0 Å². The van der Waals surface area contributed by atoms with Crippen LogP contribution in [0.5, 0.6) is 5.88 Å². The van der Waals surface area contributed by atoms with Gasteiger partial charge in [0.1, 0.15) is 5.76 Å². The van der Waals surface area contributed by atoms with Crippen LogP contribution in [-0.4, -0.2) is 32.4 Å². The summed E-state index contributed by atoms with van der Waals surface area (Å²) in [5.41, 5.74) is 0.881. The summed E-state index contributed by atoms with van der Waals surface area (Å²) in [6.45, 7) is 2.00. The van der Waals surface area contributed by atoms with Crippen LogP contribution in [0, 0.1) is 6.92 Å². The summed E-state index contributed by atoms with van der Waals surface area (Å²) in [7, 11) is 0. The minimum Gasteiger partial charge on any atom is -0.465 e. The molecule has 0 spiro atoms. The molecule has 0 aliphatic carbocycles. The predicted octanol–water partition coefficient (Wildman–Crippen LogP) is 1.26. The van der Waals surface area contributed by atoms with E-state index >= 15 is 0 Å². The standard InChI is InChI=1S/C15H15N5O3/c1-11-7-15(19-23-11)22-10-14(21)17-9-12-3-4-13(16-8-12)20-6-2-5-18-20/h2-8H,9-10H2,1H3,(H,17,21). The number of amides is 1. The van der Waals surface area contributed by atoms with Crippen molar-refractivity contribution in [3.8, 4) is 11.7 Å². The zero-order chi connectivity index (χ0) is 16.1. The number of carbonyl (C=O) groups is 1. The average Bonchev–Trinajstić information content (AvgIpc) is 3.23. The zero-order valence-electron chi connectivity index (χ0n) is 12.5. The van der Waals surface area contributed by atoms with Gasteiger partial charge in [-0.2, -0.15) is 5.10 Å². The van der Waals surface area contributed by atoms with Gasteiger partial charge in [-0.05, 0) is 29.8 Å². The number of hydrogen-bond donors (Lipinski definition) is 1. The fourth-order valence-corrected chi connectivity index (χ4v) is 1.86. The van der Waals surface area contributed by atoms with Gasteiger partial charge < -0.3 is 14.6 Å². The van der Waals surface area contributed by atoms with Gasteiger partial charge in [-0.15, -0.1) is 0 Å². The molecule has 23 heavy (non-hydrogen) atoms. The van der Waals surface area contributed by atoms with E-state index < -0.39 is 0 Å². The Hall–Kier alpha value is -3.16. The summed E-state index contributed by atoms with van der Waals surface area (Å²) < 4.78 is 11.7. The fraction of sp³-hybridized carbons (Fsp3) is 0.200. The van der Waals surface area contributed by atoms with Crippen LogP contribution in [0.25, 0.3) is 5.82 Å². The smallest absolute Gasteiger partial charge is 0.258 e. The van der Waals surface area contributed by atoms with E-state index in [4.69, 9.17) is 9.26 Å². The number of pyridine rings is 1. The number of rotatable bonds is 6. The Balaban J connectivity index is 1.47. The molecule has 3 rings (SSSR count). The van der Waals surface area contributed by atoms with E-state index in [1.54, 1.807) is 30.1 Å². The average molecular weight is 313 g/mol. The molecule has 0 fully saturated rings. The molecule has 0 saturated heterocycles.